The zero-order valence-corrected chi connectivity index (χ0v) is 15.1. The highest BCUT2D eigenvalue weighted by Gasteiger charge is 2.25. The van der Waals surface area contributed by atoms with E-state index in [0.29, 0.717) is 22.9 Å². The third-order valence-corrected chi connectivity index (χ3v) is 4.47. The summed E-state index contributed by atoms with van der Waals surface area (Å²) in [7, 11) is 0. The minimum atomic E-state index is -0.666. The van der Waals surface area contributed by atoms with Crippen molar-refractivity contribution in [1.29, 1.82) is 0 Å². The first-order valence-corrected chi connectivity index (χ1v) is 8.83. The van der Waals surface area contributed by atoms with Crippen LogP contribution in [0.15, 0.2) is 60.9 Å². The molecule has 1 aliphatic rings. The van der Waals surface area contributed by atoms with Crippen molar-refractivity contribution >= 4 is 17.6 Å². The van der Waals surface area contributed by atoms with Gasteiger partial charge in [0.2, 0.25) is 0 Å². The van der Waals surface area contributed by atoms with Crippen LogP contribution < -0.4 is 4.74 Å². The zero-order chi connectivity index (χ0) is 18.6. The Morgan fingerprint density at radius 1 is 1.26 bits per heavy atom. The molecule has 1 aromatic heterocycles. The lowest BCUT2D eigenvalue weighted by Gasteiger charge is -2.22. The molecule has 3 aromatic rings. The number of aromatic nitrogens is 2. The van der Waals surface area contributed by atoms with Crippen LogP contribution in [0, 0.1) is 0 Å². The Kier molecular flexibility index (Phi) is 5.09. The Labute approximate surface area is 161 Å². The zero-order valence-electron chi connectivity index (χ0n) is 14.4. The van der Waals surface area contributed by atoms with Crippen molar-refractivity contribution in [2.45, 2.75) is 19.3 Å². The van der Waals surface area contributed by atoms with E-state index in [1.807, 2.05) is 30.3 Å². The molecule has 0 amide bonds. The van der Waals surface area contributed by atoms with Gasteiger partial charge in [-0.1, -0.05) is 41.9 Å². The van der Waals surface area contributed by atoms with Gasteiger partial charge in [-0.05, 0) is 23.8 Å². The van der Waals surface area contributed by atoms with E-state index in [1.165, 1.54) is 0 Å². The molecule has 0 spiro atoms. The van der Waals surface area contributed by atoms with Gasteiger partial charge in [0.1, 0.15) is 12.4 Å². The van der Waals surface area contributed by atoms with Gasteiger partial charge in [-0.3, -0.25) is 4.68 Å². The molecule has 138 valence electrons. The van der Waals surface area contributed by atoms with E-state index in [9.17, 15) is 4.79 Å². The van der Waals surface area contributed by atoms with Crippen molar-refractivity contribution in [3.8, 4) is 5.75 Å². The van der Waals surface area contributed by atoms with E-state index in [2.05, 4.69) is 5.10 Å². The molecule has 0 saturated carbocycles. The molecule has 0 N–H and O–H groups in total. The van der Waals surface area contributed by atoms with E-state index in [1.54, 1.807) is 35.3 Å². The number of nitrogens with zero attached hydrogens (tertiary/aromatic N) is 2. The number of carbonyl (C=O) groups is 1. The molecule has 1 unspecified atom stereocenters. The van der Waals surface area contributed by atoms with Crippen LogP contribution in [0.1, 0.15) is 22.7 Å². The number of esters is 1. The van der Waals surface area contributed by atoms with Crippen molar-refractivity contribution in [2.24, 2.45) is 0 Å². The Bertz CT molecular complexity index is 929. The summed E-state index contributed by atoms with van der Waals surface area (Å²) >= 11 is 6.17. The van der Waals surface area contributed by atoms with Crippen molar-refractivity contribution in [3.05, 3.63) is 82.6 Å². The van der Waals surface area contributed by atoms with Crippen LogP contribution in [0.2, 0.25) is 5.02 Å². The molecule has 2 aromatic carbocycles. The van der Waals surface area contributed by atoms with Gasteiger partial charge in [-0.15, -0.1) is 0 Å². The molecule has 4 rings (SSSR count). The van der Waals surface area contributed by atoms with Gasteiger partial charge < -0.3 is 14.2 Å². The molecule has 0 radical (unpaired) electrons. The summed E-state index contributed by atoms with van der Waals surface area (Å²) in [4.78, 5) is 12.9. The smallest absolute Gasteiger partial charge is 0.335 e. The van der Waals surface area contributed by atoms with Crippen LogP contribution in [0.3, 0.4) is 0 Å². The normalized spacial score (nSPS) is 14.1. The summed E-state index contributed by atoms with van der Waals surface area (Å²) in [5, 5.41) is 4.75. The summed E-state index contributed by atoms with van der Waals surface area (Å²) < 4.78 is 18.0. The average Bonchev–Trinajstić information content (AvgIpc) is 3.21. The Morgan fingerprint density at radius 2 is 2.11 bits per heavy atom. The molecule has 1 atom stereocenters. The second-order valence-corrected chi connectivity index (χ2v) is 6.51. The quantitative estimate of drug-likeness (QED) is 0.627. The molecule has 0 bridgehead atoms. The van der Waals surface area contributed by atoms with Crippen molar-refractivity contribution in [1.82, 2.24) is 9.78 Å². The van der Waals surface area contributed by atoms with Crippen LogP contribution in [-0.2, 0) is 27.5 Å². The standard InChI is InChI=1S/C20H17ClN2O4/c21-17-9-15-11-25-13-27-19(15)16(10-17)12-26-20(24)18(23-8-4-7-22-23)14-5-2-1-3-6-14/h1-10,18H,11-13H2. The van der Waals surface area contributed by atoms with E-state index in [4.69, 9.17) is 25.8 Å². The maximum atomic E-state index is 12.9. The van der Waals surface area contributed by atoms with Crippen LogP contribution in [0.4, 0.5) is 0 Å². The van der Waals surface area contributed by atoms with E-state index in [-0.39, 0.29) is 13.4 Å². The number of hydrogen-bond donors (Lipinski definition) is 0. The summed E-state index contributed by atoms with van der Waals surface area (Å²) in [6, 6.07) is 14.0. The van der Waals surface area contributed by atoms with E-state index >= 15 is 0 Å². The fourth-order valence-electron chi connectivity index (χ4n) is 3.06. The first-order chi connectivity index (χ1) is 13.2. The largest absolute Gasteiger partial charge is 0.467 e. The van der Waals surface area contributed by atoms with Crippen LogP contribution >= 0.6 is 11.6 Å². The number of rotatable bonds is 5. The third kappa shape index (κ3) is 3.82. The monoisotopic (exact) mass is 384 g/mol. The second kappa shape index (κ2) is 7.82. The highest BCUT2D eigenvalue weighted by Crippen LogP contribution is 2.32. The molecule has 2 heterocycles. The predicted molar refractivity (Wildman–Crippen MR) is 98.3 cm³/mol. The molecule has 0 saturated heterocycles. The minimum absolute atomic E-state index is 0.0479. The first-order valence-electron chi connectivity index (χ1n) is 8.45. The topological polar surface area (TPSA) is 62.6 Å². The van der Waals surface area contributed by atoms with Crippen molar-refractivity contribution in [2.75, 3.05) is 6.79 Å². The molecule has 0 aliphatic carbocycles. The minimum Gasteiger partial charge on any atom is -0.467 e. The summed E-state index contributed by atoms with van der Waals surface area (Å²) in [6.45, 7) is 0.624. The van der Waals surface area contributed by atoms with E-state index < -0.39 is 12.0 Å². The highest BCUT2D eigenvalue weighted by atomic mass is 35.5. The maximum absolute atomic E-state index is 12.9. The Morgan fingerprint density at radius 3 is 2.89 bits per heavy atom. The number of halogens is 1. The predicted octanol–water partition coefficient (Wildman–Crippen LogP) is 3.74. The lowest BCUT2D eigenvalue weighted by molar-refractivity contribution is -0.148. The summed E-state index contributed by atoms with van der Waals surface area (Å²) in [5.41, 5.74) is 2.34. The maximum Gasteiger partial charge on any atom is 0.335 e. The molecule has 7 heteroatoms. The van der Waals surface area contributed by atoms with Gasteiger partial charge in [-0.2, -0.15) is 5.10 Å². The highest BCUT2D eigenvalue weighted by molar-refractivity contribution is 6.30. The van der Waals surface area contributed by atoms with Crippen molar-refractivity contribution in [3.63, 3.8) is 0 Å². The van der Waals surface area contributed by atoms with Gasteiger partial charge in [0.05, 0.1) is 6.61 Å². The number of ether oxygens (including phenoxy) is 3. The van der Waals surface area contributed by atoms with Crippen LogP contribution in [-0.4, -0.2) is 22.5 Å². The lowest BCUT2D eigenvalue weighted by atomic mass is 10.1. The molecular weight excluding hydrogens is 368 g/mol. The van der Waals surface area contributed by atoms with Crippen LogP contribution in [0.25, 0.3) is 0 Å². The van der Waals surface area contributed by atoms with Gasteiger partial charge in [0, 0.05) is 28.5 Å². The summed E-state index contributed by atoms with van der Waals surface area (Å²) in [6.07, 6.45) is 3.37. The van der Waals surface area contributed by atoms with Crippen LogP contribution in [0.5, 0.6) is 5.75 Å². The number of carbonyl (C=O) groups excluding carboxylic acids is 1. The van der Waals surface area contributed by atoms with Gasteiger partial charge in [-0.25, -0.2) is 4.79 Å². The lowest BCUT2D eigenvalue weighted by Crippen LogP contribution is -2.24. The fraction of sp³-hybridized carbons (Fsp3) is 0.200. The SMILES string of the molecule is O=C(OCc1cc(Cl)cc2c1OCOC2)C(c1ccccc1)n1cccn1. The number of benzene rings is 2. The Balaban J connectivity index is 1.57. The molecule has 27 heavy (non-hydrogen) atoms. The van der Waals surface area contributed by atoms with E-state index in [0.717, 1.165) is 11.1 Å². The first kappa shape index (κ1) is 17.6. The molecule has 6 nitrogen and oxygen atoms in total. The molecule has 0 fully saturated rings. The Hall–Kier alpha value is -2.83. The van der Waals surface area contributed by atoms with Crippen molar-refractivity contribution < 1.29 is 19.0 Å². The number of hydrogen-bond acceptors (Lipinski definition) is 5. The van der Waals surface area contributed by atoms with Gasteiger partial charge >= 0.3 is 5.97 Å². The molecular formula is C20H17ClN2O4. The second-order valence-electron chi connectivity index (χ2n) is 6.07. The number of fused-ring (bicyclic) bond motifs is 1. The van der Waals surface area contributed by atoms with Gasteiger partial charge in [0.15, 0.2) is 12.8 Å². The fourth-order valence-corrected chi connectivity index (χ4v) is 3.32. The third-order valence-electron chi connectivity index (χ3n) is 4.25. The van der Waals surface area contributed by atoms with Gasteiger partial charge in [0.25, 0.3) is 0 Å². The molecule has 1 aliphatic heterocycles. The summed E-state index contributed by atoms with van der Waals surface area (Å²) in [5.74, 6) is 0.250. The average molecular weight is 385 g/mol.